The second-order valence-electron chi connectivity index (χ2n) is 4.41. The molecule has 0 N–H and O–H groups in total. The highest BCUT2D eigenvalue weighted by Gasteiger charge is 2.32. The Bertz CT molecular complexity index is 471. The number of hydrogen-bond acceptors (Lipinski definition) is 5. The van der Waals surface area contributed by atoms with Gasteiger partial charge in [-0.3, -0.25) is 24.1 Å². The van der Waals surface area contributed by atoms with E-state index in [0.717, 1.165) is 17.1 Å². The lowest BCUT2D eigenvalue weighted by Crippen LogP contribution is -2.33. The Morgan fingerprint density at radius 1 is 1.26 bits per heavy atom. The van der Waals surface area contributed by atoms with Gasteiger partial charge in [-0.1, -0.05) is 6.58 Å². The van der Waals surface area contributed by atoms with E-state index in [1.54, 1.807) is 0 Å². The topological polar surface area (TPSA) is 80.8 Å². The highest BCUT2D eigenvalue weighted by Crippen LogP contribution is 2.23. The molecule has 1 aliphatic carbocycles. The van der Waals surface area contributed by atoms with Gasteiger partial charge in [0.05, 0.1) is 6.42 Å². The molecule has 1 aliphatic heterocycles. The molecule has 19 heavy (non-hydrogen) atoms. The van der Waals surface area contributed by atoms with Crippen LogP contribution in [0.15, 0.2) is 24.3 Å². The van der Waals surface area contributed by atoms with Crippen LogP contribution in [0.25, 0.3) is 0 Å². The zero-order chi connectivity index (χ0) is 14.0. The highest BCUT2D eigenvalue weighted by atomic mass is 16.5. The predicted octanol–water partition coefficient (Wildman–Crippen LogP) is 0.132. The lowest BCUT2D eigenvalue weighted by molar-refractivity contribution is -0.152. The lowest BCUT2D eigenvalue weighted by Gasteiger charge is -2.15. The second-order valence-corrected chi connectivity index (χ2v) is 4.41. The van der Waals surface area contributed by atoms with Crippen LogP contribution in [-0.2, 0) is 23.9 Å². The molecule has 1 unspecified atom stereocenters. The zero-order valence-corrected chi connectivity index (χ0v) is 10.3. The number of esters is 1. The maximum atomic E-state index is 11.6. The van der Waals surface area contributed by atoms with E-state index in [9.17, 15) is 19.2 Å². The van der Waals surface area contributed by atoms with Gasteiger partial charge in [-0.05, 0) is 12.0 Å². The summed E-state index contributed by atoms with van der Waals surface area (Å²) < 4.78 is 5.01. The van der Waals surface area contributed by atoms with Gasteiger partial charge in [0.1, 0.15) is 0 Å². The Morgan fingerprint density at radius 3 is 2.42 bits per heavy atom. The molecule has 0 spiro atoms. The molecule has 2 amide bonds. The molecule has 1 heterocycles. The van der Waals surface area contributed by atoms with E-state index >= 15 is 0 Å². The van der Waals surface area contributed by atoms with Crippen LogP contribution < -0.4 is 0 Å². The monoisotopic (exact) mass is 263 g/mol. The first-order chi connectivity index (χ1) is 8.99. The summed E-state index contributed by atoms with van der Waals surface area (Å²) in [5, 5.41) is 0. The van der Waals surface area contributed by atoms with E-state index in [1.807, 2.05) is 0 Å². The van der Waals surface area contributed by atoms with Gasteiger partial charge in [-0.2, -0.15) is 0 Å². The van der Waals surface area contributed by atoms with E-state index in [2.05, 4.69) is 6.58 Å². The number of carbonyl (C=O) groups is 4. The molecule has 6 heteroatoms. The van der Waals surface area contributed by atoms with E-state index < -0.39 is 23.9 Å². The lowest BCUT2D eigenvalue weighted by atomic mass is 10.2. The summed E-state index contributed by atoms with van der Waals surface area (Å²) in [6.45, 7) is 3.63. The Balaban J connectivity index is 1.82. The predicted molar refractivity (Wildman–Crippen MR) is 63.7 cm³/mol. The Labute approximate surface area is 109 Å². The summed E-state index contributed by atoms with van der Waals surface area (Å²) in [6.07, 6.45) is 2.17. The first-order valence-electron chi connectivity index (χ1n) is 5.92. The maximum absolute atomic E-state index is 11.6. The number of carbonyl (C=O) groups excluding carboxylic acids is 4. The molecule has 0 radical (unpaired) electrons. The number of nitrogens with zero attached hydrogens (tertiary/aromatic N) is 1. The third kappa shape index (κ3) is 2.78. The van der Waals surface area contributed by atoms with E-state index in [0.29, 0.717) is 18.4 Å². The molecule has 1 saturated carbocycles. The molecule has 2 aliphatic rings. The van der Waals surface area contributed by atoms with Gasteiger partial charge in [-0.25, -0.2) is 0 Å². The normalized spacial score (nSPS) is 22.5. The van der Waals surface area contributed by atoms with Crippen molar-refractivity contribution >= 4 is 23.6 Å². The minimum absolute atomic E-state index is 0.0448. The van der Waals surface area contributed by atoms with Crippen LogP contribution in [0.1, 0.15) is 19.3 Å². The average Bonchev–Trinajstić information content (AvgIpc) is 2.84. The van der Waals surface area contributed by atoms with Crippen LogP contribution in [0.3, 0.4) is 0 Å². The van der Waals surface area contributed by atoms with Gasteiger partial charge in [-0.15, -0.1) is 0 Å². The standard InChI is InChI=1S/C13H13NO5/c1-8-2-3-9(15)13(8)19-12(18)6-7-14-10(16)4-5-11(14)17/h4-5,13H,1-3,6-7H2. The van der Waals surface area contributed by atoms with E-state index in [-0.39, 0.29) is 18.7 Å². The Morgan fingerprint density at radius 2 is 1.89 bits per heavy atom. The van der Waals surface area contributed by atoms with Crippen LogP contribution in [-0.4, -0.2) is 41.1 Å². The number of ether oxygens (including phenoxy) is 1. The van der Waals surface area contributed by atoms with Gasteiger partial charge in [0.25, 0.3) is 11.8 Å². The van der Waals surface area contributed by atoms with Crippen LogP contribution >= 0.6 is 0 Å². The summed E-state index contributed by atoms with van der Waals surface area (Å²) in [7, 11) is 0. The van der Waals surface area contributed by atoms with Crippen LogP contribution in [0.4, 0.5) is 0 Å². The van der Waals surface area contributed by atoms with Crippen molar-refractivity contribution < 1.29 is 23.9 Å². The first-order valence-corrected chi connectivity index (χ1v) is 5.92. The quantitative estimate of drug-likeness (QED) is 0.409. The largest absolute Gasteiger partial charge is 0.450 e. The van der Waals surface area contributed by atoms with Crippen molar-refractivity contribution in [3.8, 4) is 0 Å². The van der Waals surface area contributed by atoms with Crippen molar-refractivity contribution in [2.24, 2.45) is 0 Å². The molecule has 0 aromatic carbocycles. The third-order valence-corrected chi connectivity index (χ3v) is 3.05. The number of ketones is 1. The summed E-state index contributed by atoms with van der Waals surface area (Å²) in [5.41, 5.74) is 0.591. The molecule has 1 atom stereocenters. The smallest absolute Gasteiger partial charge is 0.308 e. The summed E-state index contributed by atoms with van der Waals surface area (Å²) in [5.74, 6) is -1.67. The molecule has 0 aromatic heterocycles. The molecule has 0 bridgehead atoms. The van der Waals surface area contributed by atoms with Crippen molar-refractivity contribution in [3.63, 3.8) is 0 Å². The number of Topliss-reactive ketones (excluding diaryl/α,β-unsaturated/α-hetero) is 1. The van der Waals surface area contributed by atoms with E-state index in [4.69, 9.17) is 4.74 Å². The van der Waals surface area contributed by atoms with Crippen molar-refractivity contribution in [2.45, 2.75) is 25.4 Å². The molecule has 100 valence electrons. The van der Waals surface area contributed by atoms with Crippen molar-refractivity contribution in [3.05, 3.63) is 24.3 Å². The highest BCUT2D eigenvalue weighted by molar-refractivity contribution is 6.13. The number of hydrogen-bond donors (Lipinski definition) is 0. The molecule has 6 nitrogen and oxygen atoms in total. The summed E-state index contributed by atoms with van der Waals surface area (Å²) in [4.78, 5) is 46.4. The molecular formula is C13H13NO5. The molecule has 0 aromatic rings. The Kier molecular flexibility index (Phi) is 3.59. The summed E-state index contributed by atoms with van der Waals surface area (Å²) in [6, 6.07) is 0. The van der Waals surface area contributed by atoms with Gasteiger partial charge < -0.3 is 4.74 Å². The second kappa shape index (κ2) is 5.17. The van der Waals surface area contributed by atoms with Gasteiger partial charge in [0.2, 0.25) is 0 Å². The van der Waals surface area contributed by atoms with Crippen LogP contribution in [0.5, 0.6) is 0 Å². The van der Waals surface area contributed by atoms with E-state index in [1.165, 1.54) is 0 Å². The SMILES string of the molecule is C=C1CCC(=O)C1OC(=O)CCN1C(=O)C=CC1=O. The Hall–Kier alpha value is -2.24. The minimum atomic E-state index is -0.865. The van der Waals surface area contributed by atoms with Gasteiger partial charge >= 0.3 is 5.97 Å². The molecule has 1 fully saturated rings. The maximum Gasteiger partial charge on any atom is 0.308 e. The zero-order valence-electron chi connectivity index (χ0n) is 10.3. The first kappa shape index (κ1) is 13.2. The molecule has 0 saturated heterocycles. The van der Waals surface area contributed by atoms with Crippen LogP contribution in [0, 0.1) is 0 Å². The third-order valence-electron chi connectivity index (χ3n) is 3.05. The number of imide groups is 1. The molecule has 2 rings (SSSR count). The number of amides is 2. The van der Waals surface area contributed by atoms with Gasteiger partial charge in [0, 0.05) is 25.1 Å². The van der Waals surface area contributed by atoms with Crippen molar-refractivity contribution in [2.75, 3.05) is 6.54 Å². The fraction of sp³-hybridized carbons (Fsp3) is 0.385. The minimum Gasteiger partial charge on any atom is -0.450 e. The fourth-order valence-electron chi connectivity index (χ4n) is 1.97. The molecular weight excluding hydrogens is 250 g/mol. The fourth-order valence-corrected chi connectivity index (χ4v) is 1.97. The summed E-state index contributed by atoms with van der Waals surface area (Å²) >= 11 is 0. The number of rotatable bonds is 4. The van der Waals surface area contributed by atoms with Crippen molar-refractivity contribution in [1.82, 2.24) is 4.90 Å². The van der Waals surface area contributed by atoms with Crippen molar-refractivity contribution in [1.29, 1.82) is 0 Å². The van der Waals surface area contributed by atoms with Gasteiger partial charge in [0.15, 0.2) is 11.9 Å². The average molecular weight is 263 g/mol. The van der Waals surface area contributed by atoms with Crippen LogP contribution in [0.2, 0.25) is 0 Å².